The van der Waals surface area contributed by atoms with Gasteiger partial charge in [-0.1, -0.05) is 6.07 Å². The number of methoxy groups -OCH3 is 1. The Hall–Kier alpha value is -2.19. The summed E-state index contributed by atoms with van der Waals surface area (Å²) in [6.45, 7) is 1.02. The molecule has 1 aromatic carbocycles. The van der Waals surface area contributed by atoms with Crippen molar-refractivity contribution in [3.8, 4) is 17.1 Å². The number of rotatable bonds is 7. The lowest BCUT2D eigenvalue weighted by molar-refractivity contribution is 0.0840. The first-order valence-electron chi connectivity index (χ1n) is 8.14. The first-order valence-corrected chi connectivity index (χ1v) is 11.2. The highest BCUT2D eigenvalue weighted by atomic mass is 32.3. The summed E-state index contributed by atoms with van der Waals surface area (Å²) in [5, 5.41) is 4.30. The Kier molecular flexibility index (Phi) is 5.43. The van der Waals surface area contributed by atoms with E-state index in [9.17, 15) is 4.39 Å². The Labute approximate surface area is 153 Å². The van der Waals surface area contributed by atoms with Gasteiger partial charge in [-0.05, 0) is 30.9 Å². The summed E-state index contributed by atoms with van der Waals surface area (Å²) in [5.41, 5.74) is 1.62. The highest BCUT2D eigenvalue weighted by Gasteiger charge is 2.16. The number of halogens is 1. The van der Waals surface area contributed by atoms with Gasteiger partial charge in [0.05, 0.1) is 31.7 Å². The van der Waals surface area contributed by atoms with E-state index in [1.165, 1.54) is 13.2 Å². The van der Waals surface area contributed by atoms with Gasteiger partial charge < -0.3 is 9.47 Å². The monoisotopic (exact) mass is 378 g/mol. The summed E-state index contributed by atoms with van der Waals surface area (Å²) >= 11 is 0. The van der Waals surface area contributed by atoms with Crippen LogP contribution in [0.25, 0.3) is 22.4 Å². The summed E-state index contributed by atoms with van der Waals surface area (Å²) in [6.07, 6.45) is 10.0. The molecule has 0 saturated heterocycles. The molecule has 0 aliphatic heterocycles. The lowest BCUT2D eigenvalue weighted by Crippen LogP contribution is -2.10. The van der Waals surface area contributed by atoms with E-state index in [2.05, 4.69) is 33.8 Å². The van der Waals surface area contributed by atoms with Crippen LogP contribution in [0.2, 0.25) is 0 Å². The zero-order valence-corrected chi connectivity index (χ0v) is 16.2. The molecule has 0 aliphatic carbocycles. The number of hydrogen-bond acceptors (Lipinski definition) is 5. The molecule has 0 spiro atoms. The molecule has 0 amide bonds. The van der Waals surface area contributed by atoms with E-state index in [0.717, 1.165) is 11.3 Å². The van der Waals surface area contributed by atoms with Crippen molar-refractivity contribution in [2.75, 3.05) is 38.2 Å². The number of benzene rings is 1. The zero-order valence-electron chi connectivity index (χ0n) is 15.4. The number of fused-ring (bicyclic) bond motifs is 1. The Balaban J connectivity index is 1.82. The molecule has 3 aromatic rings. The zero-order chi connectivity index (χ0) is 18.7. The molecule has 3 rings (SSSR count). The first-order chi connectivity index (χ1) is 12.4. The van der Waals surface area contributed by atoms with Crippen molar-refractivity contribution in [3.63, 3.8) is 0 Å². The topological polar surface area (TPSA) is 62.1 Å². The van der Waals surface area contributed by atoms with Crippen LogP contribution in [0.3, 0.4) is 0 Å². The van der Waals surface area contributed by atoms with Crippen molar-refractivity contribution in [2.24, 2.45) is 0 Å². The molecule has 0 N–H and O–H groups in total. The number of hydrogen-bond donors (Lipinski definition) is 0. The lowest BCUT2D eigenvalue weighted by Gasteiger charge is -2.24. The molecule has 0 bridgehead atoms. The highest BCUT2D eigenvalue weighted by molar-refractivity contribution is 8.32. The van der Waals surface area contributed by atoms with E-state index in [-0.39, 0.29) is 11.4 Å². The van der Waals surface area contributed by atoms with Gasteiger partial charge in [-0.15, -0.1) is 0 Å². The molecule has 140 valence electrons. The van der Waals surface area contributed by atoms with Crippen molar-refractivity contribution in [3.05, 3.63) is 36.4 Å². The summed E-state index contributed by atoms with van der Waals surface area (Å²) < 4.78 is 26.9. The van der Waals surface area contributed by atoms with Gasteiger partial charge in [0, 0.05) is 5.75 Å². The average Bonchev–Trinajstić information content (AvgIpc) is 3.00. The summed E-state index contributed by atoms with van der Waals surface area (Å²) in [7, 11) is 0.910. The van der Waals surface area contributed by atoms with Gasteiger partial charge in [-0.3, -0.25) is 0 Å². The van der Waals surface area contributed by atoms with E-state index in [1.54, 1.807) is 29.2 Å². The van der Waals surface area contributed by atoms with Crippen LogP contribution in [0.5, 0.6) is 5.75 Å². The fraction of sp³-hybridized carbons (Fsp3) is 0.389. The van der Waals surface area contributed by atoms with Gasteiger partial charge in [0.25, 0.3) is 0 Å². The molecule has 6 nitrogen and oxygen atoms in total. The van der Waals surface area contributed by atoms with Gasteiger partial charge in [0.2, 0.25) is 0 Å². The predicted octanol–water partition coefficient (Wildman–Crippen LogP) is 3.31. The SMILES string of the molecule is COc1cccc(F)c1-c1ncc2c(cnn2COCCS(C)(C)C)n1. The summed E-state index contributed by atoms with van der Waals surface area (Å²) in [5.74, 6) is 1.28. The molecule has 26 heavy (non-hydrogen) atoms. The molecule has 8 heteroatoms. The predicted molar refractivity (Wildman–Crippen MR) is 103 cm³/mol. The Morgan fingerprint density at radius 2 is 2.00 bits per heavy atom. The van der Waals surface area contributed by atoms with E-state index in [4.69, 9.17) is 9.47 Å². The molecule has 0 unspecified atom stereocenters. The molecule has 0 radical (unpaired) electrons. The van der Waals surface area contributed by atoms with Crippen LogP contribution < -0.4 is 4.74 Å². The lowest BCUT2D eigenvalue weighted by atomic mass is 10.1. The minimum absolute atomic E-state index is 0.244. The van der Waals surface area contributed by atoms with E-state index in [1.807, 2.05) is 0 Å². The van der Waals surface area contributed by atoms with Crippen LogP contribution in [0, 0.1) is 5.82 Å². The van der Waals surface area contributed by atoms with Crippen molar-refractivity contribution in [2.45, 2.75) is 6.73 Å². The van der Waals surface area contributed by atoms with Gasteiger partial charge in [0.1, 0.15) is 29.3 Å². The van der Waals surface area contributed by atoms with Crippen LogP contribution in [0.4, 0.5) is 4.39 Å². The van der Waals surface area contributed by atoms with Crippen molar-refractivity contribution >= 4 is 21.1 Å². The second kappa shape index (κ2) is 7.59. The Morgan fingerprint density at radius 1 is 1.19 bits per heavy atom. The average molecular weight is 378 g/mol. The molecular weight excluding hydrogens is 355 g/mol. The smallest absolute Gasteiger partial charge is 0.166 e. The number of nitrogens with zero attached hydrogens (tertiary/aromatic N) is 4. The molecule has 0 fully saturated rings. The van der Waals surface area contributed by atoms with Gasteiger partial charge in [-0.25, -0.2) is 29.1 Å². The summed E-state index contributed by atoms with van der Waals surface area (Å²) in [4.78, 5) is 8.74. The maximum Gasteiger partial charge on any atom is 0.166 e. The normalized spacial score (nSPS) is 12.5. The molecule has 0 aliphatic rings. The fourth-order valence-electron chi connectivity index (χ4n) is 2.44. The van der Waals surface area contributed by atoms with E-state index < -0.39 is 15.8 Å². The van der Waals surface area contributed by atoms with Crippen molar-refractivity contribution in [1.29, 1.82) is 0 Å². The third kappa shape index (κ3) is 4.13. The minimum atomic E-state index is -0.581. The van der Waals surface area contributed by atoms with Crippen LogP contribution >= 0.6 is 10.0 Å². The molecule has 0 saturated carbocycles. The van der Waals surface area contributed by atoms with Gasteiger partial charge >= 0.3 is 0 Å². The van der Waals surface area contributed by atoms with E-state index >= 15 is 0 Å². The summed E-state index contributed by atoms with van der Waals surface area (Å²) in [6, 6.07) is 4.63. The quantitative estimate of drug-likeness (QED) is 0.590. The second-order valence-corrected chi connectivity index (χ2v) is 11.3. The van der Waals surface area contributed by atoms with Crippen molar-refractivity contribution in [1.82, 2.24) is 19.7 Å². The Morgan fingerprint density at radius 3 is 2.73 bits per heavy atom. The standard InChI is InChI=1S/C18H23FN4O2S/c1-24-16-7-5-6-13(19)17(16)18-20-11-15-14(22-18)10-21-23(15)12-25-8-9-26(2,3)4/h5-7,10-11H,8-9,12H2,1-4H3. The fourth-order valence-corrected chi connectivity index (χ4v) is 3.06. The molecule has 2 heterocycles. The minimum Gasteiger partial charge on any atom is -0.496 e. The Bertz CT molecular complexity index is 908. The number of aromatic nitrogens is 4. The van der Waals surface area contributed by atoms with Crippen LogP contribution in [-0.4, -0.2) is 58.0 Å². The highest BCUT2D eigenvalue weighted by Crippen LogP contribution is 2.33. The van der Waals surface area contributed by atoms with Gasteiger partial charge in [-0.2, -0.15) is 5.10 Å². The van der Waals surface area contributed by atoms with Crippen molar-refractivity contribution < 1.29 is 13.9 Å². The van der Waals surface area contributed by atoms with E-state index in [0.29, 0.717) is 24.6 Å². The largest absolute Gasteiger partial charge is 0.496 e. The molecular formula is C18H23FN4O2S. The third-order valence-corrected chi connectivity index (χ3v) is 5.26. The molecule has 2 aromatic heterocycles. The second-order valence-electron chi connectivity index (χ2n) is 6.76. The van der Waals surface area contributed by atoms with Crippen LogP contribution in [0.15, 0.2) is 30.6 Å². The first kappa shape index (κ1) is 18.6. The van der Waals surface area contributed by atoms with Crippen LogP contribution in [0.1, 0.15) is 0 Å². The van der Waals surface area contributed by atoms with Gasteiger partial charge in [0.15, 0.2) is 5.82 Å². The maximum atomic E-state index is 14.2. The number of ether oxygens (including phenoxy) is 2. The maximum absolute atomic E-state index is 14.2. The van der Waals surface area contributed by atoms with Crippen LogP contribution in [-0.2, 0) is 11.5 Å². The molecule has 0 atom stereocenters. The third-order valence-electron chi connectivity index (χ3n) is 3.87.